The third kappa shape index (κ3) is 5.19. The average molecular weight is 581 g/mol. The second kappa shape index (κ2) is 11.4. The number of hydrogen-bond acceptors (Lipinski definition) is 5. The lowest BCUT2D eigenvalue weighted by molar-refractivity contribution is 0.223. The van der Waals surface area contributed by atoms with E-state index in [-0.39, 0.29) is 17.0 Å². The Morgan fingerprint density at radius 3 is 2.65 bits per heavy atom. The Morgan fingerprint density at radius 1 is 0.973 bits per heavy atom. The monoisotopic (exact) mass is 579 g/mol. The van der Waals surface area contributed by atoms with E-state index in [4.69, 9.17) is 9.72 Å². The summed E-state index contributed by atoms with van der Waals surface area (Å²) in [6, 6.07) is 10.5. The van der Waals surface area contributed by atoms with Crippen molar-refractivity contribution in [3.8, 4) is 27.6 Å². The summed E-state index contributed by atoms with van der Waals surface area (Å²) in [7, 11) is 3.77. The van der Waals surface area contributed by atoms with Crippen molar-refractivity contribution in [3.05, 3.63) is 54.3 Å². The van der Waals surface area contributed by atoms with E-state index in [9.17, 15) is 0 Å². The fourth-order valence-electron chi connectivity index (χ4n) is 5.50. The quantitative estimate of drug-likeness (QED) is 0.183. The number of methoxy groups -OCH3 is 1. The maximum absolute atomic E-state index is 5.57. The van der Waals surface area contributed by atoms with Crippen LogP contribution in [0.2, 0.25) is 0 Å². The minimum atomic E-state index is 0. The molecule has 0 aliphatic carbocycles. The molecule has 1 aromatic carbocycles. The van der Waals surface area contributed by atoms with Crippen LogP contribution in [0.15, 0.2) is 54.3 Å². The molecule has 4 aromatic heterocycles. The highest BCUT2D eigenvalue weighted by molar-refractivity contribution is 8.93. The number of likely N-dealkylation sites (tertiary alicyclic amines) is 1. The molecule has 0 unspecified atom stereocenters. The number of aromatic nitrogens is 4. The normalized spacial score (nSPS) is 14.3. The second-order valence-electron chi connectivity index (χ2n) is 9.79. The Bertz CT molecular complexity index is 1500. The number of nitrogens with zero attached hydrogens (tertiary/aromatic N) is 5. The first-order valence-corrected chi connectivity index (χ1v) is 13.8. The number of piperidine rings is 1. The Hall–Kier alpha value is -2.68. The second-order valence-corrected chi connectivity index (χ2v) is 10.7. The maximum atomic E-state index is 5.57. The first kappa shape index (κ1) is 25.9. The molecule has 5 heterocycles. The number of fused-ring (bicyclic) bond motifs is 2. The van der Waals surface area contributed by atoms with Crippen LogP contribution in [-0.4, -0.2) is 50.7 Å². The molecule has 6 rings (SSSR count). The van der Waals surface area contributed by atoms with E-state index in [1.807, 2.05) is 19.3 Å². The number of benzene rings is 1. The van der Waals surface area contributed by atoms with Gasteiger partial charge in [-0.05, 0) is 75.6 Å². The zero-order valence-corrected chi connectivity index (χ0v) is 24.1. The van der Waals surface area contributed by atoms with Gasteiger partial charge in [0.25, 0.3) is 0 Å². The number of aryl methyl sites for hydroxylation is 2. The first-order valence-electron chi connectivity index (χ1n) is 13.0. The molecule has 1 aliphatic rings. The van der Waals surface area contributed by atoms with E-state index in [0.717, 1.165) is 39.6 Å². The molecule has 5 aromatic rings. The molecule has 6 nitrogen and oxygen atoms in total. The molecule has 1 aliphatic heterocycles. The highest BCUT2D eigenvalue weighted by Gasteiger charge is 2.17. The number of unbranched alkanes of at least 4 members (excludes halogenated alkanes) is 1. The standard InChI is InChI=1S/C29H33N5OS.BrH/c1-32-18-24(22-9-8-12-30-28(22)32)26-20-36-29(31-26)25-19-34(27-11-10-21(35-2)17-23(25)27)16-7-6-15-33-13-4-3-5-14-33;/h8-12,17-20H,3-7,13-16H2,1-2H3;1H. The van der Waals surface area contributed by atoms with Crippen molar-refractivity contribution < 1.29 is 4.74 Å². The third-order valence-electron chi connectivity index (χ3n) is 7.40. The van der Waals surface area contributed by atoms with Crippen molar-refractivity contribution in [3.63, 3.8) is 0 Å². The van der Waals surface area contributed by atoms with Gasteiger partial charge in [-0.25, -0.2) is 9.97 Å². The molecule has 0 N–H and O–H groups in total. The molecule has 1 fully saturated rings. The summed E-state index contributed by atoms with van der Waals surface area (Å²) < 4.78 is 10.1. The summed E-state index contributed by atoms with van der Waals surface area (Å²) in [6.45, 7) is 4.78. The molecule has 0 spiro atoms. The van der Waals surface area contributed by atoms with E-state index < -0.39 is 0 Å². The van der Waals surface area contributed by atoms with Gasteiger partial charge in [-0.3, -0.25) is 0 Å². The minimum Gasteiger partial charge on any atom is -0.497 e. The van der Waals surface area contributed by atoms with Gasteiger partial charge in [-0.15, -0.1) is 28.3 Å². The predicted molar refractivity (Wildman–Crippen MR) is 159 cm³/mol. The van der Waals surface area contributed by atoms with Gasteiger partial charge >= 0.3 is 0 Å². The SMILES string of the molecule is Br.COc1ccc2c(c1)c(-c1nc(-c3cn(C)c4ncccc34)cs1)cn2CCCCN1CCCCC1. The van der Waals surface area contributed by atoms with E-state index in [0.29, 0.717) is 0 Å². The lowest BCUT2D eigenvalue weighted by Crippen LogP contribution is -2.30. The van der Waals surface area contributed by atoms with Crippen LogP contribution in [0.25, 0.3) is 43.8 Å². The summed E-state index contributed by atoms with van der Waals surface area (Å²) in [5.41, 5.74) is 5.53. The molecular formula is C29H34BrN5OS. The lowest BCUT2D eigenvalue weighted by Gasteiger charge is -2.26. The summed E-state index contributed by atoms with van der Waals surface area (Å²) in [6.07, 6.45) is 12.8. The van der Waals surface area contributed by atoms with Crippen molar-refractivity contribution >= 4 is 50.3 Å². The lowest BCUT2D eigenvalue weighted by atomic mass is 10.1. The van der Waals surface area contributed by atoms with Crippen LogP contribution in [0.3, 0.4) is 0 Å². The van der Waals surface area contributed by atoms with E-state index in [1.54, 1.807) is 18.4 Å². The van der Waals surface area contributed by atoms with Crippen LogP contribution >= 0.6 is 28.3 Å². The van der Waals surface area contributed by atoms with Gasteiger partial charge in [-0.1, -0.05) is 6.42 Å². The van der Waals surface area contributed by atoms with Gasteiger partial charge in [-0.2, -0.15) is 0 Å². The maximum Gasteiger partial charge on any atom is 0.140 e. The molecule has 0 bridgehead atoms. The third-order valence-corrected chi connectivity index (χ3v) is 8.28. The van der Waals surface area contributed by atoms with Crippen LogP contribution in [0.1, 0.15) is 32.1 Å². The zero-order chi connectivity index (χ0) is 24.5. The summed E-state index contributed by atoms with van der Waals surface area (Å²) in [5, 5.41) is 5.54. The van der Waals surface area contributed by atoms with Gasteiger partial charge in [0.15, 0.2) is 0 Å². The van der Waals surface area contributed by atoms with Crippen LogP contribution in [0.5, 0.6) is 5.75 Å². The topological polar surface area (TPSA) is 48.1 Å². The van der Waals surface area contributed by atoms with Crippen LogP contribution in [0, 0.1) is 0 Å². The first-order chi connectivity index (χ1) is 17.7. The summed E-state index contributed by atoms with van der Waals surface area (Å²) in [5.74, 6) is 0.878. The predicted octanol–water partition coefficient (Wildman–Crippen LogP) is 7.17. The Balaban J connectivity index is 0.00000280. The number of thiazole rings is 1. The van der Waals surface area contributed by atoms with Crippen LogP contribution in [-0.2, 0) is 13.6 Å². The molecule has 194 valence electrons. The van der Waals surface area contributed by atoms with E-state index in [1.165, 1.54) is 68.2 Å². The Morgan fingerprint density at radius 2 is 1.81 bits per heavy atom. The molecule has 0 radical (unpaired) electrons. The summed E-state index contributed by atoms with van der Waals surface area (Å²) in [4.78, 5) is 12.3. The van der Waals surface area contributed by atoms with Crippen molar-refractivity contribution in [1.29, 1.82) is 0 Å². The van der Waals surface area contributed by atoms with Gasteiger partial charge in [0.1, 0.15) is 16.4 Å². The largest absolute Gasteiger partial charge is 0.497 e. The fraction of sp³-hybridized carbons (Fsp3) is 0.379. The minimum absolute atomic E-state index is 0. The van der Waals surface area contributed by atoms with Crippen molar-refractivity contribution in [2.45, 2.75) is 38.6 Å². The smallest absolute Gasteiger partial charge is 0.140 e. The molecule has 0 saturated carbocycles. The average Bonchev–Trinajstić information content (AvgIpc) is 3.63. The number of ether oxygens (including phenoxy) is 1. The number of halogens is 1. The van der Waals surface area contributed by atoms with Crippen LogP contribution in [0.4, 0.5) is 0 Å². The molecule has 37 heavy (non-hydrogen) atoms. The number of hydrogen-bond donors (Lipinski definition) is 0. The van der Waals surface area contributed by atoms with Crippen LogP contribution < -0.4 is 4.74 Å². The molecular weight excluding hydrogens is 546 g/mol. The summed E-state index contributed by atoms with van der Waals surface area (Å²) >= 11 is 1.70. The van der Waals surface area contributed by atoms with Gasteiger partial charge < -0.3 is 18.8 Å². The van der Waals surface area contributed by atoms with Gasteiger partial charge in [0.2, 0.25) is 0 Å². The molecule has 8 heteroatoms. The van der Waals surface area contributed by atoms with Crippen molar-refractivity contribution in [2.24, 2.45) is 7.05 Å². The molecule has 1 saturated heterocycles. The van der Waals surface area contributed by atoms with Crippen molar-refractivity contribution in [1.82, 2.24) is 24.0 Å². The highest BCUT2D eigenvalue weighted by atomic mass is 79.9. The zero-order valence-electron chi connectivity index (χ0n) is 21.5. The fourth-order valence-corrected chi connectivity index (χ4v) is 6.34. The molecule has 0 atom stereocenters. The Kier molecular flexibility index (Phi) is 7.98. The number of rotatable bonds is 8. The van der Waals surface area contributed by atoms with Crippen molar-refractivity contribution in [2.75, 3.05) is 26.7 Å². The van der Waals surface area contributed by atoms with E-state index >= 15 is 0 Å². The van der Waals surface area contributed by atoms with Gasteiger partial charge in [0.05, 0.1) is 12.8 Å². The Labute approximate surface area is 232 Å². The van der Waals surface area contributed by atoms with E-state index in [2.05, 4.69) is 61.1 Å². The molecule has 0 amide bonds. The highest BCUT2D eigenvalue weighted by Crippen LogP contribution is 2.38. The van der Waals surface area contributed by atoms with Gasteiger partial charge in [0, 0.05) is 65.0 Å². The number of pyridine rings is 1.